The van der Waals surface area contributed by atoms with Crippen LogP contribution < -0.4 is 5.32 Å². The van der Waals surface area contributed by atoms with Gasteiger partial charge in [0.05, 0.1) is 16.3 Å². The molecule has 0 radical (unpaired) electrons. The largest absolute Gasteiger partial charge is 0.433 e. The number of thioether (sulfide) groups is 1. The molecule has 25 heavy (non-hydrogen) atoms. The number of thiocyanates is 1. The molecule has 0 saturated heterocycles. The van der Waals surface area contributed by atoms with Crippen LogP contribution in [0.15, 0.2) is 33.6 Å². The van der Waals surface area contributed by atoms with Crippen LogP contribution in [0.25, 0.3) is 10.2 Å². The van der Waals surface area contributed by atoms with Crippen molar-refractivity contribution >= 4 is 50.2 Å². The number of aromatic nitrogens is 1. The Balaban J connectivity index is 1.91. The van der Waals surface area contributed by atoms with Gasteiger partial charge < -0.3 is 4.42 Å². The molecule has 0 spiro atoms. The first-order valence-corrected chi connectivity index (χ1v) is 8.70. The molecular formula is C15H10N4O4S2. The number of aryl methyl sites for hydroxylation is 1. The van der Waals surface area contributed by atoms with Crippen LogP contribution in [0.5, 0.6) is 0 Å². The van der Waals surface area contributed by atoms with Crippen molar-refractivity contribution in [1.82, 2.24) is 4.98 Å². The molecule has 3 rings (SSSR count). The van der Waals surface area contributed by atoms with Crippen LogP contribution in [0.1, 0.15) is 23.0 Å². The van der Waals surface area contributed by atoms with Crippen LogP contribution >= 0.6 is 23.1 Å². The minimum Gasteiger partial charge on any atom is -0.395 e. The summed E-state index contributed by atoms with van der Waals surface area (Å²) in [6.07, 6.45) is 0.810. The fraction of sp³-hybridized carbons (Fsp3) is 0.133. The third-order valence-electron chi connectivity index (χ3n) is 3.30. The Hall–Kier alpha value is -2.90. The summed E-state index contributed by atoms with van der Waals surface area (Å²) in [5.41, 5.74) is 1.70. The lowest BCUT2D eigenvalue weighted by atomic mass is 10.2. The van der Waals surface area contributed by atoms with Crippen molar-refractivity contribution < 1.29 is 14.1 Å². The summed E-state index contributed by atoms with van der Waals surface area (Å²) in [5, 5.41) is 24.5. The molecule has 0 bridgehead atoms. The number of nitrogens with zero attached hydrogens (tertiary/aromatic N) is 3. The zero-order valence-electron chi connectivity index (χ0n) is 12.8. The molecule has 2 heterocycles. The normalized spacial score (nSPS) is 10.6. The number of hydrogen-bond acceptors (Lipinski definition) is 8. The molecule has 8 nitrogen and oxygen atoms in total. The van der Waals surface area contributed by atoms with Gasteiger partial charge in [-0.3, -0.25) is 20.2 Å². The smallest absolute Gasteiger partial charge is 0.395 e. The Morgan fingerprint density at radius 2 is 2.32 bits per heavy atom. The molecule has 1 aromatic carbocycles. The van der Waals surface area contributed by atoms with E-state index in [1.54, 1.807) is 0 Å². The van der Waals surface area contributed by atoms with Crippen molar-refractivity contribution in [3.63, 3.8) is 0 Å². The lowest BCUT2D eigenvalue weighted by Crippen LogP contribution is -2.10. The fourth-order valence-electron chi connectivity index (χ4n) is 2.14. The number of furan rings is 1. The van der Waals surface area contributed by atoms with E-state index >= 15 is 0 Å². The van der Waals surface area contributed by atoms with Crippen LogP contribution in [0.2, 0.25) is 0 Å². The highest BCUT2D eigenvalue weighted by Crippen LogP contribution is 2.34. The third-order valence-corrected chi connectivity index (χ3v) is 4.84. The van der Waals surface area contributed by atoms with Gasteiger partial charge in [0.1, 0.15) is 10.3 Å². The van der Waals surface area contributed by atoms with Gasteiger partial charge in [-0.2, -0.15) is 5.26 Å². The number of benzene rings is 1. The zero-order valence-corrected chi connectivity index (χ0v) is 14.4. The molecule has 0 aliphatic carbocycles. The number of fused-ring (bicyclic) bond motifs is 1. The Morgan fingerprint density at radius 1 is 1.52 bits per heavy atom. The summed E-state index contributed by atoms with van der Waals surface area (Å²) in [4.78, 5) is 27.1. The maximum atomic E-state index is 12.1. The van der Waals surface area contributed by atoms with Crippen LogP contribution in [-0.2, 0) is 6.42 Å². The third kappa shape index (κ3) is 3.47. The molecule has 10 heteroatoms. The second-order valence-electron chi connectivity index (χ2n) is 4.86. The number of anilines is 1. The van der Waals surface area contributed by atoms with E-state index in [4.69, 9.17) is 9.68 Å². The number of thiazole rings is 1. The number of nitriles is 1. The van der Waals surface area contributed by atoms with Gasteiger partial charge in [0, 0.05) is 4.90 Å². The van der Waals surface area contributed by atoms with Crippen molar-refractivity contribution in [2.75, 3.05) is 5.32 Å². The van der Waals surface area contributed by atoms with E-state index in [0.717, 1.165) is 39.4 Å². The van der Waals surface area contributed by atoms with Gasteiger partial charge >= 0.3 is 5.88 Å². The van der Waals surface area contributed by atoms with Crippen molar-refractivity contribution in [2.45, 2.75) is 18.2 Å². The lowest BCUT2D eigenvalue weighted by molar-refractivity contribution is -0.402. The average molecular weight is 374 g/mol. The molecule has 2 aromatic heterocycles. The fourth-order valence-corrected chi connectivity index (χ4v) is 3.72. The van der Waals surface area contributed by atoms with Gasteiger partial charge in [0.25, 0.3) is 5.91 Å². The Morgan fingerprint density at radius 3 is 2.96 bits per heavy atom. The number of amides is 1. The van der Waals surface area contributed by atoms with Gasteiger partial charge in [-0.1, -0.05) is 18.3 Å². The summed E-state index contributed by atoms with van der Waals surface area (Å²) in [5.74, 6) is -1.31. The predicted octanol–water partition coefficient (Wildman–Crippen LogP) is 4.19. The molecule has 0 unspecified atom stereocenters. The molecule has 0 aliphatic heterocycles. The van der Waals surface area contributed by atoms with E-state index in [-0.39, 0.29) is 5.76 Å². The molecule has 0 fully saturated rings. The minimum absolute atomic E-state index is 0.174. The standard InChI is InChI=1S/C15H10N4O4S2/c1-2-8-5-10(24-7-16)13-11(6-8)25-15(17-13)18-14(20)9-3-4-12(23-9)19(21)22/h3-6H,2H2,1H3,(H,17,18,20). The average Bonchev–Trinajstić information content (AvgIpc) is 3.21. The number of rotatable bonds is 5. The number of hydrogen-bond donors (Lipinski definition) is 1. The number of carbonyl (C=O) groups is 1. The summed E-state index contributed by atoms with van der Waals surface area (Å²) >= 11 is 2.27. The van der Waals surface area contributed by atoms with Crippen molar-refractivity contribution in [3.8, 4) is 5.40 Å². The van der Waals surface area contributed by atoms with Gasteiger partial charge in [0.2, 0.25) is 0 Å². The maximum Gasteiger partial charge on any atom is 0.433 e. The molecule has 0 saturated carbocycles. The summed E-state index contributed by atoms with van der Waals surface area (Å²) in [6, 6.07) is 6.20. The summed E-state index contributed by atoms with van der Waals surface area (Å²) in [6.45, 7) is 2.01. The Kier molecular flexibility index (Phi) is 4.69. The highest BCUT2D eigenvalue weighted by molar-refractivity contribution is 8.04. The highest BCUT2D eigenvalue weighted by atomic mass is 32.2. The van der Waals surface area contributed by atoms with E-state index in [9.17, 15) is 14.9 Å². The van der Waals surface area contributed by atoms with Crippen molar-refractivity contribution in [1.29, 1.82) is 5.26 Å². The Labute approximate surface area is 149 Å². The first kappa shape index (κ1) is 16.9. The van der Waals surface area contributed by atoms with Crippen LogP contribution in [0.3, 0.4) is 0 Å². The molecule has 0 atom stereocenters. The molecule has 1 N–H and O–H groups in total. The van der Waals surface area contributed by atoms with Crippen molar-refractivity contribution in [2.24, 2.45) is 0 Å². The second-order valence-corrected chi connectivity index (χ2v) is 6.71. The predicted molar refractivity (Wildman–Crippen MR) is 93.8 cm³/mol. The van der Waals surface area contributed by atoms with Crippen LogP contribution in [-0.4, -0.2) is 15.8 Å². The number of carbonyl (C=O) groups excluding carboxylic acids is 1. The molecule has 3 aromatic rings. The molecule has 126 valence electrons. The first-order chi connectivity index (χ1) is 12.0. The van der Waals surface area contributed by atoms with E-state index in [2.05, 4.69) is 10.3 Å². The van der Waals surface area contributed by atoms with E-state index < -0.39 is 16.7 Å². The highest BCUT2D eigenvalue weighted by Gasteiger charge is 2.19. The van der Waals surface area contributed by atoms with E-state index in [0.29, 0.717) is 10.6 Å². The van der Waals surface area contributed by atoms with E-state index in [1.807, 2.05) is 24.5 Å². The molecule has 0 aliphatic rings. The van der Waals surface area contributed by atoms with Crippen LogP contribution in [0, 0.1) is 20.8 Å². The lowest BCUT2D eigenvalue weighted by Gasteiger charge is -2.00. The Bertz CT molecular complexity index is 1020. The zero-order chi connectivity index (χ0) is 18.0. The van der Waals surface area contributed by atoms with Crippen LogP contribution in [0.4, 0.5) is 11.0 Å². The van der Waals surface area contributed by atoms with Gasteiger partial charge in [0.15, 0.2) is 10.9 Å². The monoisotopic (exact) mass is 374 g/mol. The minimum atomic E-state index is -0.716. The van der Waals surface area contributed by atoms with Crippen molar-refractivity contribution in [3.05, 3.63) is 45.7 Å². The van der Waals surface area contributed by atoms with Gasteiger partial charge in [-0.05, 0) is 41.9 Å². The topological polar surface area (TPSA) is 122 Å². The molecule has 1 amide bonds. The molecular weight excluding hydrogens is 364 g/mol. The summed E-state index contributed by atoms with van der Waals surface area (Å²) in [7, 11) is 0. The van der Waals surface area contributed by atoms with Gasteiger partial charge in [-0.15, -0.1) is 0 Å². The maximum absolute atomic E-state index is 12.1. The van der Waals surface area contributed by atoms with Gasteiger partial charge in [-0.25, -0.2) is 4.98 Å². The quantitative estimate of drug-likeness (QED) is 0.307. The number of nitro groups is 1. The second kappa shape index (κ2) is 6.92. The number of nitrogens with one attached hydrogen (secondary N) is 1. The first-order valence-electron chi connectivity index (χ1n) is 7.06. The SMILES string of the molecule is CCc1cc(SC#N)c2nc(NC(=O)c3ccc([N+](=O)[O-])o3)sc2c1. The summed E-state index contributed by atoms with van der Waals surface area (Å²) < 4.78 is 5.72. The van der Waals surface area contributed by atoms with E-state index in [1.165, 1.54) is 17.4 Å².